The third-order valence-electron chi connectivity index (χ3n) is 3.81. The van der Waals surface area contributed by atoms with Gasteiger partial charge in [0, 0.05) is 24.8 Å². The van der Waals surface area contributed by atoms with Crippen molar-refractivity contribution in [3.05, 3.63) is 42.1 Å². The standard InChI is InChI=1S/C16H19N3O2/c1-12-6-10-21-15(12)16(20)18-13-11-17-7-5-14(13)19-8-3-2-4-9-19/h5-7,10-11H,2-4,8-9H2,1H3,(H,18,20). The van der Waals surface area contributed by atoms with E-state index in [4.69, 9.17) is 4.42 Å². The Morgan fingerprint density at radius 3 is 2.81 bits per heavy atom. The smallest absolute Gasteiger partial charge is 0.291 e. The lowest BCUT2D eigenvalue weighted by Crippen LogP contribution is -2.30. The van der Waals surface area contributed by atoms with Crippen LogP contribution >= 0.6 is 0 Å². The molecule has 1 aliphatic heterocycles. The van der Waals surface area contributed by atoms with Gasteiger partial charge in [-0.05, 0) is 38.3 Å². The van der Waals surface area contributed by atoms with E-state index < -0.39 is 0 Å². The molecule has 5 nitrogen and oxygen atoms in total. The molecular formula is C16H19N3O2. The summed E-state index contributed by atoms with van der Waals surface area (Å²) in [6.45, 7) is 3.90. The van der Waals surface area contributed by atoms with Gasteiger partial charge in [-0.3, -0.25) is 9.78 Å². The average molecular weight is 285 g/mol. The number of hydrogen-bond donors (Lipinski definition) is 1. The number of nitrogens with zero attached hydrogens (tertiary/aromatic N) is 2. The van der Waals surface area contributed by atoms with Gasteiger partial charge in [-0.1, -0.05) is 0 Å². The highest BCUT2D eigenvalue weighted by molar-refractivity contribution is 6.04. The summed E-state index contributed by atoms with van der Waals surface area (Å²) in [6.07, 6.45) is 8.63. The summed E-state index contributed by atoms with van der Waals surface area (Å²) in [4.78, 5) is 18.7. The van der Waals surface area contributed by atoms with Crippen LogP contribution in [0.3, 0.4) is 0 Å². The van der Waals surface area contributed by atoms with Crippen LogP contribution in [0.5, 0.6) is 0 Å². The molecule has 0 unspecified atom stereocenters. The number of hydrogen-bond acceptors (Lipinski definition) is 4. The second kappa shape index (κ2) is 5.99. The van der Waals surface area contributed by atoms with Gasteiger partial charge < -0.3 is 14.6 Å². The molecule has 0 radical (unpaired) electrons. The normalized spacial score (nSPS) is 15.0. The van der Waals surface area contributed by atoms with Crippen molar-refractivity contribution in [3.8, 4) is 0 Å². The Bertz CT molecular complexity index is 630. The van der Waals surface area contributed by atoms with Crippen LogP contribution in [0.25, 0.3) is 0 Å². The van der Waals surface area contributed by atoms with E-state index in [-0.39, 0.29) is 5.91 Å². The van der Waals surface area contributed by atoms with Crippen molar-refractivity contribution in [2.45, 2.75) is 26.2 Å². The zero-order valence-electron chi connectivity index (χ0n) is 12.1. The minimum Gasteiger partial charge on any atom is -0.459 e. The number of pyridine rings is 1. The van der Waals surface area contributed by atoms with Gasteiger partial charge in [0.05, 0.1) is 23.8 Å². The quantitative estimate of drug-likeness (QED) is 0.940. The molecule has 3 rings (SSSR count). The molecule has 110 valence electrons. The third kappa shape index (κ3) is 2.91. The van der Waals surface area contributed by atoms with Crippen LogP contribution in [0.2, 0.25) is 0 Å². The fraction of sp³-hybridized carbons (Fsp3) is 0.375. The van der Waals surface area contributed by atoms with Crippen LogP contribution in [0.1, 0.15) is 35.4 Å². The van der Waals surface area contributed by atoms with Crippen molar-refractivity contribution in [3.63, 3.8) is 0 Å². The molecule has 0 aromatic carbocycles. The van der Waals surface area contributed by atoms with Crippen molar-refractivity contribution in [1.29, 1.82) is 0 Å². The fourth-order valence-electron chi connectivity index (χ4n) is 2.68. The number of nitrogens with one attached hydrogen (secondary N) is 1. The number of carbonyl (C=O) groups is 1. The minimum absolute atomic E-state index is 0.233. The number of carbonyl (C=O) groups excluding carboxylic acids is 1. The highest BCUT2D eigenvalue weighted by Crippen LogP contribution is 2.28. The van der Waals surface area contributed by atoms with Crippen LogP contribution in [0, 0.1) is 6.92 Å². The number of piperidine rings is 1. The molecule has 0 saturated carbocycles. The number of anilines is 2. The van der Waals surface area contributed by atoms with Gasteiger partial charge in [0.15, 0.2) is 5.76 Å². The lowest BCUT2D eigenvalue weighted by Gasteiger charge is -2.30. The predicted molar refractivity (Wildman–Crippen MR) is 81.7 cm³/mol. The Balaban J connectivity index is 1.82. The second-order valence-electron chi connectivity index (χ2n) is 5.33. The maximum atomic E-state index is 12.3. The van der Waals surface area contributed by atoms with Crippen LogP contribution in [-0.2, 0) is 0 Å². The van der Waals surface area contributed by atoms with Crippen LogP contribution in [-0.4, -0.2) is 24.0 Å². The largest absolute Gasteiger partial charge is 0.459 e. The summed E-state index contributed by atoms with van der Waals surface area (Å²) in [5.41, 5.74) is 2.60. The molecule has 5 heteroatoms. The molecule has 1 amide bonds. The van der Waals surface area contributed by atoms with Crippen LogP contribution in [0.4, 0.5) is 11.4 Å². The van der Waals surface area contributed by atoms with Gasteiger partial charge in [-0.2, -0.15) is 0 Å². The molecule has 1 fully saturated rings. The number of amides is 1. The molecule has 1 saturated heterocycles. The van der Waals surface area contributed by atoms with Crippen molar-refractivity contribution >= 4 is 17.3 Å². The first-order valence-electron chi connectivity index (χ1n) is 7.30. The van der Waals surface area contributed by atoms with Crippen molar-refractivity contribution in [2.24, 2.45) is 0 Å². The van der Waals surface area contributed by atoms with E-state index in [0.29, 0.717) is 5.76 Å². The first-order chi connectivity index (χ1) is 10.3. The molecule has 3 heterocycles. The number of aryl methyl sites for hydroxylation is 1. The molecule has 1 N–H and O–H groups in total. The monoisotopic (exact) mass is 285 g/mol. The minimum atomic E-state index is -0.233. The highest BCUT2D eigenvalue weighted by atomic mass is 16.3. The summed E-state index contributed by atoms with van der Waals surface area (Å²) >= 11 is 0. The number of furan rings is 1. The molecule has 0 spiro atoms. The molecular weight excluding hydrogens is 266 g/mol. The van der Waals surface area contributed by atoms with Crippen LogP contribution < -0.4 is 10.2 Å². The summed E-state index contributed by atoms with van der Waals surface area (Å²) in [6, 6.07) is 3.74. The molecule has 0 atom stereocenters. The van der Waals surface area contributed by atoms with Gasteiger partial charge >= 0.3 is 0 Å². The van der Waals surface area contributed by atoms with Crippen LogP contribution in [0.15, 0.2) is 35.2 Å². The fourth-order valence-corrected chi connectivity index (χ4v) is 2.68. The first kappa shape index (κ1) is 13.7. The molecule has 21 heavy (non-hydrogen) atoms. The van der Waals surface area contributed by atoms with E-state index >= 15 is 0 Å². The van der Waals surface area contributed by atoms with E-state index in [1.165, 1.54) is 25.5 Å². The molecule has 1 aliphatic rings. The van der Waals surface area contributed by atoms with Crippen molar-refractivity contribution < 1.29 is 9.21 Å². The van der Waals surface area contributed by atoms with E-state index in [0.717, 1.165) is 30.0 Å². The summed E-state index contributed by atoms with van der Waals surface area (Å²) in [7, 11) is 0. The lowest BCUT2D eigenvalue weighted by molar-refractivity contribution is 0.0996. The van der Waals surface area contributed by atoms with Crippen molar-refractivity contribution in [1.82, 2.24) is 4.98 Å². The Morgan fingerprint density at radius 1 is 1.29 bits per heavy atom. The average Bonchev–Trinajstić information content (AvgIpc) is 2.95. The zero-order valence-corrected chi connectivity index (χ0v) is 12.1. The van der Waals surface area contributed by atoms with Gasteiger partial charge in [0.1, 0.15) is 0 Å². The van der Waals surface area contributed by atoms with E-state index in [1.54, 1.807) is 18.5 Å². The highest BCUT2D eigenvalue weighted by Gasteiger charge is 2.18. The van der Waals surface area contributed by atoms with E-state index in [9.17, 15) is 4.79 Å². The molecule has 0 aliphatic carbocycles. The second-order valence-corrected chi connectivity index (χ2v) is 5.33. The summed E-state index contributed by atoms with van der Waals surface area (Å²) < 4.78 is 5.24. The topological polar surface area (TPSA) is 58.4 Å². The summed E-state index contributed by atoms with van der Waals surface area (Å²) in [5, 5.41) is 2.91. The zero-order chi connectivity index (χ0) is 14.7. The third-order valence-corrected chi connectivity index (χ3v) is 3.81. The first-order valence-corrected chi connectivity index (χ1v) is 7.30. The predicted octanol–water partition coefficient (Wildman–Crippen LogP) is 3.23. The Morgan fingerprint density at radius 2 is 2.10 bits per heavy atom. The van der Waals surface area contributed by atoms with Gasteiger partial charge in [-0.25, -0.2) is 0 Å². The summed E-state index contributed by atoms with van der Waals surface area (Å²) in [5.74, 6) is 0.118. The van der Waals surface area contributed by atoms with Gasteiger partial charge in [0.2, 0.25) is 0 Å². The maximum Gasteiger partial charge on any atom is 0.291 e. The maximum absolute atomic E-state index is 12.3. The number of rotatable bonds is 3. The lowest BCUT2D eigenvalue weighted by atomic mass is 10.1. The molecule has 2 aromatic heterocycles. The molecule has 0 bridgehead atoms. The van der Waals surface area contributed by atoms with Gasteiger partial charge in [0.25, 0.3) is 5.91 Å². The Labute approximate surface area is 124 Å². The van der Waals surface area contributed by atoms with Gasteiger partial charge in [-0.15, -0.1) is 0 Å². The Hall–Kier alpha value is -2.30. The Kier molecular flexibility index (Phi) is 3.90. The SMILES string of the molecule is Cc1ccoc1C(=O)Nc1cnccc1N1CCCCC1. The van der Waals surface area contributed by atoms with E-state index in [2.05, 4.69) is 15.2 Å². The van der Waals surface area contributed by atoms with Crippen molar-refractivity contribution in [2.75, 3.05) is 23.3 Å². The van der Waals surface area contributed by atoms with E-state index in [1.807, 2.05) is 13.0 Å². The number of aromatic nitrogens is 1. The molecule has 2 aromatic rings.